The molecule has 1 aliphatic rings. The third-order valence-electron chi connectivity index (χ3n) is 3.55. The normalized spacial score (nSPS) is 22.3. The largest absolute Gasteiger partial charge is 0.0682 e. The molecular weight excluding hydrogens is 168 g/mol. The first-order valence-corrected chi connectivity index (χ1v) is 6.05. The van der Waals surface area contributed by atoms with Gasteiger partial charge in [0.05, 0.1) is 0 Å². The molecule has 0 heterocycles. The fraction of sp³-hybridized carbons (Fsp3) is 0.857. The van der Waals surface area contributed by atoms with Crippen molar-refractivity contribution < 1.29 is 0 Å². The molecule has 0 N–H and O–H groups in total. The number of allylic oxidation sites excluding steroid dienone is 2. The molecule has 0 bridgehead atoms. The summed E-state index contributed by atoms with van der Waals surface area (Å²) >= 11 is 0. The molecule has 0 heteroatoms. The summed E-state index contributed by atoms with van der Waals surface area (Å²) in [6.45, 7) is 14.2. The van der Waals surface area contributed by atoms with Crippen LogP contribution in [0.3, 0.4) is 0 Å². The average molecular weight is 194 g/mol. The van der Waals surface area contributed by atoms with E-state index in [-0.39, 0.29) is 0 Å². The van der Waals surface area contributed by atoms with E-state index < -0.39 is 0 Å². The molecule has 0 fully saturated rings. The van der Waals surface area contributed by atoms with Crippen molar-refractivity contribution >= 4 is 0 Å². The zero-order chi connectivity index (χ0) is 10.9. The lowest BCUT2D eigenvalue weighted by atomic mass is 9.69. The summed E-state index contributed by atoms with van der Waals surface area (Å²) in [5.74, 6) is 1.50. The van der Waals surface area contributed by atoms with Gasteiger partial charge in [-0.25, -0.2) is 0 Å². The second kappa shape index (κ2) is 4.08. The predicted molar refractivity (Wildman–Crippen MR) is 64.3 cm³/mol. The highest BCUT2D eigenvalue weighted by Gasteiger charge is 2.28. The minimum Gasteiger partial charge on any atom is -0.0682 e. The summed E-state index contributed by atoms with van der Waals surface area (Å²) in [6, 6.07) is 0. The lowest BCUT2D eigenvalue weighted by molar-refractivity contribution is 0.293. The van der Waals surface area contributed by atoms with Crippen LogP contribution in [0.4, 0.5) is 0 Å². The van der Waals surface area contributed by atoms with Crippen molar-refractivity contribution in [2.24, 2.45) is 17.3 Å². The topological polar surface area (TPSA) is 0 Å². The van der Waals surface area contributed by atoms with Gasteiger partial charge >= 0.3 is 0 Å². The minimum atomic E-state index is 0.540. The van der Waals surface area contributed by atoms with Gasteiger partial charge in [-0.3, -0.25) is 0 Å². The molecular formula is C14H26. The molecule has 0 aromatic rings. The van der Waals surface area contributed by atoms with E-state index >= 15 is 0 Å². The van der Waals surface area contributed by atoms with Gasteiger partial charge in [-0.15, -0.1) is 0 Å². The van der Waals surface area contributed by atoms with Crippen LogP contribution in [0, 0.1) is 17.3 Å². The molecule has 0 atom stereocenters. The van der Waals surface area contributed by atoms with Crippen LogP contribution in [0.25, 0.3) is 0 Å². The Morgan fingerprint density at radius 3 is 1.86 bits per heavy atom. The standard InChI is InChI=1S/C14H26/c1-10(2)12-7-8-14(5,6)9-13(12)11(3)4/h10-11H,7-9H2,1-6H3. The molecule has 0 saturated carbocycles. The lowest BCUT2D eigenvalue weighted by Crippen LogP contribution is -2.22. The van der Waals surface area contributed by atoms with E-state index in [1.54, 1.807) is 11.1 Å². The van der Waals surface area contributed by atoms with Gasteiger partial charge in [0, 0.05) is 0 Å². The molecule has 0 radical (unpaired) electrons. The molecule has 0 aromatic carbocycles. The van der Waals surface area contributed by atoms with Crippen molar-refractivity contribution in [3.8, 4) is 0 Å². The number of hydrogen-bond donors (Lipinski definition) is 0. The maximum absolute atomic E-state index is 2.41. The van der Waals surface area contributed by atoms with Gasteiger partial charge < -0.3 is 0 Å². The summed E-state index contributed by atoms with van der Waals surface area (Å²) in [7, 11) is 0. The molecule has 0 unspecified atom stereocenters. The van der Waals surface area contributed by atoms with E-state index in [0.29, 0.717) is 5.41 Å². The fourth-order valence-electron chi connectivity index (χ4n) is 2.59. The summed E-state index contributed by atoms with van der Waals surface area (Å²) in [5.41, 5.74) is 4.04. The van der Waals surface area contributed by atoms with Crippen LogP contribution in [0.5, 0.6) is 0 Å². The number of hydrogen-bond acceptors (Lipinski definition) is 0. The van der Waals surface area contributed by atoms with Crippen LogP contribution in [-0.4, -0.2) is 0 Å². The van der Waals surface area contributed by atoms with E-state index in [4.69, 9.17) is 0 Å². The Labute approximate surface area is 89.8 Å². The van der Waals surface area contributed by atoms with Gasteiger partial charge in [0.2, 0.25) is 0 Å². The van der Waals surface area contributed by atoms with Crippen LogP contribution in [0.2, 0.25) is 0 Å². The number of rotatable bonds is 2. The molecule has 1 rings (SSSR count). The summed E-state index contributed by atoms with van der Waals surface area (Å²) < 4.78 is 0. The van der Waals surface area contributed by atoms with E-state index in [0.717, 1.165) is 11.8 Å². The van der Waals surface area contributed by atoms with Crippen molar-refractivity contribution in [3.05, 3.63) is 11.1 Å². The Hall–Kier alpha value is -0.260. The van der Waals surface area contributed by atoms with Crippen molar-refractivity contribution in [2.75, 3.05) is 0 Å². The van der Waals surface area contributed by atoms with Crippen LogP contribution < -0.4 is 0 Å². The predicted octanol–water partition coefficient (Wildman–Crippen LogP) is 4.81. The quantitative estimate of drug-likeness (QED) is 0.554. The molecule has 0 nitrogen and oxygen atoms in total. The van der Waals surface area contributed by atoms with Crippen LogP contribution in [-0.2, 0) is 0 Å². The zero-order valence-corrected chi connectivity index (χ0v) is 10.8. The van der Waals surface area contributed by atoms with E-state index in [1.165, 1.54) is 19.3 Å². The first-order valence-electron chi connectivity index (χ1n) is 6.05. The van der Waals surface area contributed by atoms with Gasteiger partial charge in [0.1, 0.15) is 0 Å². The van der Waals surface area contributed by atoms with Crippen molar-refractivity contribution in [1.82, 2.24) is 0 Å². The SMILES string of the molecule is CC(C)C1=C(C(C)C)CC(C)(C)CC1. The molecule has 0 spiro atoms. The smallest absolute Gasteiger partial charge is 0.0257 e. The fourth-order valence-corrected chi connectivity index (χ4v) is 2.59. The van der Waals surface area contributed by atoms with Gasteiger partial charge in [0.15, 0.2) is 0 Å². The second-order valence-corrected chi connectivity index (χ2v) is 6.20. The Morgan fingerprint density at radius 2 is 1.43 bits per heavy atom. The second-order valence-electron chi connectivity index (χ2n) is 6.20. The Kier molecular flexibility index (Phi) is 3.44. The molecule has 14 heavy (non-hydrogen) atoms. The lowest BCUT2D eigenvalue weighted by Gasteiger charge is -2.36. The van der Waals surface area contributed by atoms with Crippen molar-refractivity contribution in [1.29, 1.82) is 0 Å². The highest BCUT2D eigenvalue weighted by atomic mass is 14.3. The van der Waals surface area contributed by atoms with Crippen LogP contribution >= 0.6 is 0 Å². The highest BCUT2D eigenvalue weighted by Crippen LogP contribution is 2.43. The average Bonchev–Trinajstić information content (AvgIpc) is 2.01. The van der Waals surface area contributed by atoms with Gasteiger partial charge in [0.25, 0.3) is 0 Å². The van der Waals surface area contributed by atoms with Crippen LogP contribution in [0.1, 0.15) is 60.8 Å². The maximum atomic E-state index is 2.41. The maximum Gasteiger partial charge on any atom is -0.0257 e. The molecule has 1 aliphatic carbocycles. The van der Waals surface area contributed by atoms with Crippen molar-refractivity contribution in [3.63, 3.8) is 0 Å². The van der Waals surface area contributed by atoms with Crippen molar-refractivity contribution in [2.45, 2.75) is 60.8 Å². The molecule has 82 valence electrons. The third kappa shape index (κ3) is 2.62. The monoisotopic (exact) mass is 194 g/mol. The Morgan fingerprint density at radius 1 is 0.929 bits per heavy atom. The molecule has 0 saturated heterocycles. The summed E-state index contributed by atoms with van der Waals surface area (Å²) in [4.78, 5) is 0. The Bertz CT molecular complexity index is 228. The third-order valence-corrected chi connectivity index (χ3v) is 3.55. The summed E-state index contributed by atoms with van der Waals surface area (Å²) in [5, 5.41) is 0. The molecule has 0 aromatic heterocycles. The Balaban J connectivity index is 2.96. The van der Waals surface area contributed by atoms with E-state index in [1.807, 2.05) is 0 Å². The van der Waals surface area contributed by atoms with E-state index in [9.17, 15) is 0 Å². The molecule has 0 amide bonds. The van der Waals surface area contributed by atoms with Crippen LogP contribution in [0.15, 0.2) is 11.1 Å². The van der Waals surface area contributed by atoms with Gasteiger partial charge in [-0.2, -0.15) is 0 Å². The first-order chi connectivity index (χ1) is 6.33. The zero-order valence-electron chi connectivity index (χ0n) is 10.8. The first kappa shape index (κ1) is 11.8. The van der Waals surface area contributed by atoms with Gasteiger partial charge in [-0.1, -0.05) is 52.7 Å². The highest BCUT2D eigenvalue weighted by molar-refractivity contribution is 5.22. The van der Waals surface area contributed by atoms with E-state index in [2.05, 4.69) is 41.5 Å². The molecule has 0 aliphatic heterocycles. The van der Waals surface area contributed by atoms with Gasteiger partial charge in [-0.05, 0) is 36.5 Å². The summed E-state index contributed by atoms with van der Waals surface area (Å²) in [6.07, 6.45) is 4.02. The minimum absolute atomic E-state index is 0.540.